The molecular formula is C24H34N2O6. The summed E-state index contributed by atoms with van der Waals surface area (Å²) in [4.78, 5) is 30.3. The second-order valence-electron chi connectivity index (χ2n) is 8.49. The maximum Gasteiger partial charge on any atom is 0.277 e. The molecule has 2 amide bonds. The minimum Gasteiger partial charge on any atom is -0.493 e. The number of benzene rings is 1. The molecule has 2 atom stereocenters. The largest absolute Gasteiger partial charge is 0.493 e. The Morgan fingerprint density at radius 2 is 1.69 bits per heavy atom. The lowest BCUT2D eigenvalue weighted by molar-refractivity contribution is -0.138. The number of carbonyl (C=O) groups excluding carboxylic acids is 2. The fraction of sp³-hybridized carbons (Fsp3) is 0.583. The highest BCUT2D eigenvalue weighted by Gasteiger charge is 2.43. The summed E-state index contributed by atoms with van der Waals surface area (Å²) in [6.45, 7) is 9.74. The summed E-state index contributed by atoms with van der Waals surface area (Å²) in [7, 11) is 3.11. The predicted octanol–water partition coefficient (Wildman–Crippen LogP) is 2.71. The molecule has 2 aliphatic rings. The number of morpholine rings is 1. The normalized spacial score (nSPS) is 21.7. The number of imide groups is 1. The molecule has 0 saturated carbocycles. The van der Waals surface area contributed by atoms with Gasteiger partial charge in [-0.05, 0) is 51.8 Å². The topological polar surface area (TPSA) is 77.5 Å². The van der Waals surface area contributed by atoms with Crippen LogP contribution in [-0.4, -0.2) is 80.4 Å². The molecule has 3 rings (SSSR count). The third-order valence-corrected chi connectivity index (χ3v) is 5.53. The zero-order valence-corrected chi connectivity index (χ0v) is 19.8. The zero-order chi connectivity index (χ0) is 23.4. The monoisotopic (exact) mass is 446 g/mol. The van der Waals surface area contributed by atoms with Crippen molar-refractivity contribution in [1.29, 1.82) is 0 Å². The molecular weight excluding hydrogens is 412 g/mol. The Morgan fingerprint density at radius 1 is 1.03 bits per heavy atom. The van der Waals surface area contributed by atoms with Gasteiger partial charge < -0.3 is 23.8 Å². The molecule has 0 N–H and O–H groups in total. The lowest BCUT2D eigenvalue weighted by Gasteiger charge is -2.37. The molecule has 32 heavy (non-hydrogen) atoms. The second kappa shape index (κ2) is 10.4. The van der Waals surface area contributed by atoms with E-state index in [9.17, 15) is 9.59 Å². The first-order valence-electron chi connectivity index (χ1n) is 11.1. The Hall–Kier alpha value is -2.58. The average Bonchev–Trinajstić information content (AvgIpc) is 2.99. The van der Waals surface area contributed by atoms with Gasteiger partial charge >= 0.3 is 0 Å². The first-order valence-corrected chi connectivity index (χ1v) is 11.1. The molecule has 8 heteroatoms. The van der Waals surface area contributed by atoms with E-state index in [4.69, 9.17) is 18.9 Å². The van der Waals surface area contributed by atoms with Crippen LogP contribution in [0.25, 0.3) is 5.57 Å². The number of nitrogens with zero attached hydrogens (tertiary/aromatic N) is 2. The molecule has 1 saturated heterocycles. The van der Waals surface area contributed by atoms with Crippen LogP contribution >= 0.6 is 0 Å². The Kier molecular flexibility index (Phi) is 7.79. The van der Waals surface area contributed by atoms with E-state index >= 15 is 0 Å². The van der Waals surface area contributed by atoms with Gasteiger partial charge in [0.1, 0.15) is 5.70 Å². The SMILES string of the molecule is COc1ccc(C2=C(N3CC(C)OC(C)C3)C(=O)N(CCCOC(C)C)C2=O)cc1OC. The van der Waals surface area contributed by atoms with Gasteiger partial charge in [-0.3, -0.25) is 14.5 Å². The van der Waals surface area contributed by atoms with Crippen molar-refractivity contribution in [3.8, 4) is 11.5 Å². The number of hydrogen-bond acceptors (Lipinski definition) is 7. The van der Waals surface area contributed by atoms with E-state index in [2.05, 4.69) is 0 Å². The third-order valence-electron chi connectivity index (χ3n) is 5.53. The number of carbonyl (C=O) groups is 2. The van der Waals surface area contributed by atoms with E-state index in [1.54, 1.807) is 32.4 Å². The molecule has 2 aliphatic heterocycles. The second-order valence-corrected chi connectivity index (χ2v) is 8.49. The summed E-state index contributed by atoms with van der Waals surface area (Å²) in [5, 5.41) is 0. The van der Waals surface area contributed by atoms with Crippen LogP contribution in [0.15, 0.2) is 23.9 Å². The van der Waals surface area contributed by atoms with Crippen LogP contribution in [0.3, 0.4) is 0 Å². The van der Waals surface area contributed by atoms with E-state index < -0.39 is 0 Å². The minimum absolute atomic E-state index is 0.0469. The maximum absolute atomic E-state index is 13.5. The van der Waals surface area contributed by atoms with Gasteiger partial charge in [0.2, 0.25) is 0 Å². The van der Waals surface area contributed by atoms with Crippen LogP contribution < -0.4 is 9.47 Å². The van der Waals surface area contributed by atoms with Gasteiger partial charge in [0.05, 0.1) is 38.1 Å². The number of hydrogen-bond donors (Lipinski definition) is 0. The number of methoxy groups -OCH3 is 2. The van der Waals surface area contributed by atoms with Crippen molar-refractivity contribution in [3.63, 3.8) is 0 Å². The van der Waals surface area contributed by atoms with Gasteiger partial charge in [0.15, 0.2) is 11.5 Å². The molecule has 176 valence electrons. The average molecular weight is 447 g/mol. The zero-order valence-electron chi connectivity index (χ0n) is 19.8. The first-order chi connectivity index (χ1) is 15.3. The van der Waals surface area contributed by atoms with Crippen molar-refractivity contribution >= 4 is 17.4 Å². The summed E-state index contributed by atoms with van der Waals surface area (Å²) in [5.74, 6) is 0.496. The Balaban J connectivity index is 1.98. The summed E-state index contributed by atoms with van der Waals surface area (Å²) >= 11 is 0. The molecule has 8 nitrogen and oxygen atoms in total. The van der Waals surface area contributed by atoms with Gasteiger partial charge in [-0.2, -0.15) is 0 Å². The maximum atomic E-state index is 13.5. The Bertz CT molecular complexity index is 871. The summed E-state index contributed by atoms with van der Waals surface area (Å²) in [6.07, 6.45) is 0.592. The number of ether oxygens (including phenoxy) is 4. The molecule has 0 aromatic heterocycles. The van der Waals surface area contributed by atoms with Crippen LogP contribution in [0, 0.1) is 0 Å². The van der Waals surface area contributed by atoms with Crippen molar-refractivity contribution in [2.45, 2.75) is 52.4 Å². The molecule has 2 unspecified atom stereocenters. The molecule has 2 heterocycles. The van der Waals surface area contributed by atoms with Gasteiger partial charge in [-0.1, -0.05) is 6.07 Å². The highest BCUT2D eigenvalue weighted by Crippen LogP contribution is 2.37. The highest BCUT2D eigenvalue weighted by molar-refractivity contribution is 6.35. The van der Waals surface area contributed by atoms with Gasteiger partial charge in [-0.25, -0.2) is 0 Å². The Morgan fingerprint density at radius 3 is 2.28 bits per heavy atom. The fourth-order valence-corrected chi connectivity index (χ4v) is 4.21. The molecule has 1 aromatic rings. The molecule has 0 aliphatic carbocycles. The Labute approximate surface area is 190 Å². The molecule has 0 bridgehead atoms. The van der Waals surface area contributed by atoms with Gasteiger partial charge in [0, 0.05) is 26.2 Å². The van der Waals surface area contributed by atoms with Crippen LogP contribution in [0.5, 0.6) is 11.5 Å². The molecule has 1 fully saturated rings. The van der Waals surface area contributed by atoms with Crippen LogP contribution in [0.4, 0.5) is 0 Å². The lowest BCUT2D eigenvalue weighted by Crippen LogP contribution is -2.47. The number of amides is 2. The van der Waals surface area contributed by atoms with Crippen molar-refractivity contribution in [1.82, 2.24) is 9.80 Å². The standard InChI is InChI=1S/C24H34N2O6/c1-15(2)31-11-7-10-26-23(27)21(18-8-9-19(29-5)20(12-18)30-6)22(24(26)28)25-13-16(3)32-17(4)14-25/h8-9,12,15-17H,7,10-11,13-14H2,1-6H3. The van der Waals surface area contributed by atoms with Crippen LogP contribution in [-0.2, 0) is 19.1 Å². The smallest absolute Gasteiger partial charge is 0.277 e. The number of rotatable bonds is 9. The summed E-state index contributed by atoms with van der Waals surface area (Å²) in [6, 6.07) is 5.29. The van der Waals surface area contributed by atoms with E-state index in [1.165, 1.54) is 4.90 Å². The highest BCUT2D eigenvalue weighted by atomic mass is 16.5. The van der Waals surface area contributed by atoms with Crippen molar-refractivity contribution in [2.24, 2.45) is 0 Å². The first kappa shape index (κ1) is 24.1. The van der Waals surface area contributed by atoms with Gasteiger partial charge in [0.25, 0.3) is 11.8 Å². The lowest BCUT2D eigenvalue weighted by atomic mass is 10.0. The summed E-state index contributed by atoms with van der Waals surface area (Å²) in [5.41, 5.74) is 1.44. The van der Waals surface area contributed by atoms with Gasteiger partial charge in [-0.15, -0.1) is 0 Å². The van der Waals surface area contributed by atoms with Crippen LogP contribution in [0.2, 0.25) is 0 Å². The predicted molar refractivity (Wildman–Crippen MR) is 120 cm³/mol. The van der Waals surface area contributed by atoms with Crippen molar-refractivity contribution in [2.75, 3.05) is 40.5 Å². The van der Waals surface area contributed by atoms with E-state index in [1.807, 2.05) is 32.6 Å². The molecule has 0 radical (unpaired) electrons. The minimum atomic E-state index is -0.298. The van der Waals surface area contributed by atoms with E-state index in [0.29, 0.717) is 61.0 Å². The van der Waals surface area contributed by atoms with Crippen molar-refractivity contribution in [3.05, 3.63) is 29.5 Å². The quantitative estimate of drug-likeness (QED) is 0.426. The summed E-state index contributed by atoms with van der Waals surface area (Å²) < 4.78 is 22.2. The van der Waals surface area contributed by atoms with E-state index in [0.717, 1.165) is 0 Å². The molecule has 0 spiro atoms. The van der Waals surface area contributed by atoms with Crippen molar-refractivity contribution < 1.29 is 28.5 Å². The van der Waals surface area contributed by atoms with Crippen LogP contribution in [0.1, 0.15) is 39.7 Å². The van der Waals surface area contributed by atoms with E-state index in [-0.39, 0.29) is 30.1 Å². The third kappa shape index (κ3) is 5.07. The fourth-order valence-electron chi connectivity index (χ4n) is 4.21. The molecule has 1 aromatic carbocycles.